The Hall–Kier alpha value is -1.16. The van der Waals surface area contributed by atoms with E-state index in [4.69, 9.17) is 4.74 Å². The zero-order valence-corrected chi connectivity index (χ0v) is 9.41. The number of halogens is 2. The van der Waals surface area contributed by atoms with Gasteiger partial charge in [0.05, 0.1) is 6.10 Å². The summed E-state index contributed by atoms with van der Waals surface area (Å²) in [4.78, 5) is 0. The molecule has 1 rings (SSSR count). The molecule has 0 radical (unpaired) electrons. The molecule has 4 heteroatoms. The number of benzene rings is 1. The number of aliphatic hydroxyl groups is 1. The van der Waals surface area contributed by atoms with Crippen LogP contribution in [0.3, 0.4) is 0 Å². The maximum Gasteiger partial charge on any atom is 0.190 e. The van der Waals surface area contributed by atoms with Crippen molar-refractivity contribution < 1.29 is 18.6 Å². The maximum atomic E-state index is 13.1. The van der Waals surface area contributed by atoms with E-state index in [0.29, 0.717) is 0 Å². The lowest BCUT2D eigenvalue weighted by molar-refractivity contribution is 0.0590. The van der Waals surface area contributed by atoms with Gasteiger partial charge in [0, 0.05) is 0 Å². The Balaban J connectivity index is 2.61. The van der Waals surface area contributed by atoms with Gasteiger partial charge in [0.2, 0.25) is 0 Å². The number of aliphatic hydroxyl groups excluding tert-OH is 1. The second-order valence-corrected chi connectivity index (χ2v) is 3.81. The first-order valence-electron chi connectivity index (χ1n) is 5.31. The van der Waals surface area contributed by atoms with E-state index in [1.165, 1.54) is 6.07 Å². The van der Waals surface area contributed by atoms with E-state index in [1.807, 2.05) is 13.8 Å². The van der Waals surface area contributed by atoms with E-state index in [0.717, 1.165) is 18.6 Å². The lowest BCUT2D eigenvalue weighted by atomic mass is 10.0. The van der Waals surface area contributed by atoms with Crippen LogP contribution in [0, 0.1) is 17.6 Å². The van der Waals surface area contributed by atoms with Gasteiger partial charge < -0.3 is 9.84 Å². The fraction of sp³-hybridized carbons (Fsp3) is 0.500. The first-order chi connectivity index (χ1) is 7.56. The Labute approximate surface area is 93.9 Å². The number of para-hydroxylation sites is 1. The van der Waals surface area contributed by atoms with Crippen LogP contribution >= 0.6 is 0 Å². The van der Waals surface area contributed by atoms with Gasteiger partial charge in [0.25, 0.3) is 0 Å². The third kappa shape index (κ3) is 3.17. The molecule has 0 fully saturated rings. The summed E-state index contributed by atoms with van der Waals surface area (Å²) in [7, 11) is 0. The van der Waals surface area contributed by atoms with Crippen molar-refractivity contribution in [1.29, 1.82) is 0 Å². The van der Waals surface area contributed by atoms with Crippen molar-refractivity contribution in [3.8, 4) is 5.75 Å². The van der Waals surface area contributed by atoms with Crippen LogP contribution in [0.25, 0.3) is 0 Å². The van der Waals surface area contributed by atoms with Crippen LogP contribution in [0.2, 0.25) is 0 Å². The van der Waals surface area contributed by atoms with Crippen molar-refractivity contribution in [1.82, 2.24) is 0 Å². The molecule has 1 aromatic rings. The van der Waals surface area contributed by atoms with Crippen molar-refractivity contribution in [3.63, 3.8) is 0 Å². The highest BCUT2D eigenvalue weighted by Crippen LogP contribution is 2.21. The van der Waals surface area contributed by atoms with Crippen LogP contribution < -0.4 is 4.74 Å². The summed E-state index contributed by atoms with van der Waals surface area (Å²) < 4.78 is 31.2. The van der Waals surface area contributed by atoms with Gasteiger partial charge in [0.15, 0.2) is 17.4 Å². The topological polar surface area (TPSA) is 29.5 Å². The molecule has 0 heterocycles. The monoisotopic (exact) mass is 230 g/mol. The summed E-state index contributed by atoms with van der Waals surface area (Å²) in [5, 5.41) is 9.59. The average Bonchev–Trinajstić information content (AvgIpc) is 2.27. The number of rotatable bonds is 5. The third-order valence-electron chi connectivity index (χ3n) is 2.62. The average molecular weight is 230 g/mol. The van der Waals surface area contributed by atoms with E-state index >= 15 is 0 Å². The highest BCUT2D eigenvalue weighted by Gasteiger charge is 2.16. The number of hydrogen-bond donors (Lipinski definition) is 1. The Morgan fingerprint density at radius 1 is 1.31 bits per heavy atom. The zero-order chi connectivity index (χ0) is 12.1. The predicted octanol–water partition coefficient (Wildman–Crippen LogP) is 2.75. The Morgan fingerprint density at radius 2 is 1.88 bits per heavy atom. The quantitative estimate of drug-likeness (QED) is 0.842. The second-order valence-electron chi connectivity index (χ2n) is 3.81. The molecule has 90 valence electrons. The number of hydrogen-bond acceptors (Lipinski definition) is 2. The molecule has 0 aliphatic rings. The molecule has 0 aromatic heterocycles. The van der Waals surface area contributed by atoms with Crippen molar-refractivity contribution in [2.45, 2.75) is 26.4 Å². The summed E-state index contributed by atoms with van der Waals surface area (Å²) in [5.41, 5.74) is 0. The first-order valence-corrected chi connectivity index (χ1v) is 5.31. The summed E-state index contributed by atoms with van der Waals surface area (Å²) in [5.74, 6) is -1.90. The van der Waals surface area contributed by atoms with Gasteiger partial charge in [-0.25, -0.2) is 8.78 Å². The van der Waals surface area contributed by atoms with Crippen molar-refractivity contribution in [2.75, 3.05) is 6.61 Å². The molecule has 0 amide bonds. The van der Waals surface area contributed by atoms with Crippen molar-refractivity contribution >= 4 is 0 Å². The minimum atomic E-state index is -0.753. The van der Waals surface area contributed by atoms with E-state index in [2.05, 4.69) is 0 Å². The van der Waals surface area contributed by atoms with Gasteiger partial charge in [-0.1, -0.05) is 26.3 Å². The minimum absolute atomic E-state index is 0.0369. The highest BCUT2D eigenvalue weighted by molar-refractivity contribution is 5.25. The van der Waals surface area contributed by atoms with E-state index in [-0.39, 0.29) is 12.5 Å². The Bertz CT molecular complexity index is 322. The smallest absolute Gasteiger partial charge is 0.190 e. The molecule has 0 aliphatic carbocycles. The van der Waals surface area contributed by atoms with E-state index in [9.17, 15) is 13.9 Å². The molecular weight excluding hydrogens is 214 g/mol. The van der Waals surface area contributed by atoms with Gasteiger partial charge in [-0.2, -0.15) is 0 Å². The van der Waals surface area contributed by atoms with Crippen LogP contribution in [0.15, 0.2) is 18.2 Å². The Kier molecular flexibility index (Phi) is 4.68. The molecule has 0 saturated carbocycles. The van der Waals surface area contributed by atoms with Crippen molar-refractivity contribution in [3.05, 3.63) is 29.8 Å². The van der Waals surface area contributed by atoms with E-state index in [1.54, 1.807) is 0 Å². The standard InChI is InChI=1S/C12H16F2O2/c1-3-8(2)11(15)7-16-12-9(13)5-4-6-10(12)14/h4-6,8,11,15H,3,7H2,1-2H3. The molecule has 2 atom stereocenters. The normalized spacial score (nSPS) is 14.6. The lowest BCUT2D eigenvalue weighted by Gasteiger charge is -2.18. The molecule has 0 saturated heterocycles. The Morgan fingerprint density at radius 3 is 2.38 bits per heavy atom. The van der Waals surface area contributed by atoms with Crippen LogP contribution in [-0.2, 0) is 0 Å². The minimum Gasteiger partial charge on any atom is -0.485 e. The zero-order valence-electron chi connectivity index (χ0n) is 9.41. The summed E-state index contributed by atoms with van der Waals surface area (Å²) >= 11 is 0. The molecular formula is C12H16F2O2. The largest absolute Gasteiger partial charge is 0.485 e. The van der Waals surface area contributed by atoms with Gasteiger partial charge in [-0.05, 0) is 18.1 Å². The molecule has 2 nitrogen and oxygen atoms in total. The fourth-order valence-electron chi connectivity index (χ4n) is 1.23. The molecule has 16 heavy (non-hydrogen) atoms. The summed E-state index contributed by atoms with van der Waals surface area (Å²) in [6, 6.07) is 3.50. The molecule has 0 spiro atoms. The van der Waals surface area contributed by atoms with Crippen LogP contribution in [-0.4, -0.2) is 17.8 Å². The van der Waals surface area contributed by atoms with Gasteiger partial charge >= 0.3 is 0 Å². The van der Waals surface area contributed by atoms with Gasteiger partial charge in [-0.3, -0.25) is 0 Å². The van der Waals surface area contributed by atoms with Gasteiger partial charge in [0.1, 0.15) is 6.61 Å². The van der Waals surface area contributed by atoms with Gasteiger partial charge in [-0.15, -0.1) is 0 Å². The summed E-state index contributed by atoms with van der Waals surface area (Å²) in [6.45, 7) is 3.68. The fourth-order valence-corrected chi connectivity index (χ4v) is 1.23. The molecule has 0 bridgehead atoms. The van der Waals surface area contributed by atoms with Crippen LogP contribution in [0.5, 0.6) is 5.75 Å². The molecule has 1 aromatic carbocycles. The summed E-state index contributed by atoms with van der Waals surface area (Å²) in [6.07, 6.45) is 0.0635. The second kappa shape index (κ2) is 5.80. The lowest BCUT2D eigenvalue weighted by Crippen LogP contribution is -2.25. The van der Waals surface area contributed by atoms with Crippen molar-refractivity contribution in [2.24, 2.45) is 5.92 Å². The highest BCUT2D eigenvalue weighted by atomic mass is 19.1. The predicted molar refractivity (Wildman–Crippen MR) is 57.3 cm³/mol. The van der Waals surface area contributed by atoms with Crippen LogP contribution in [0.4, 0.5) is 8.78 Å². The van der Waals surface area contributed by atoms with Crippen LogP contribution in [0.1, 0.15) is 20.3 Å². The maximum absolute atomic E-state index is 13.1. The SMILES string of the molecule is CCC(C)C(O)COc1c(F)cccc1F. The van der Waals surface area contributed by atoms with E-state index < -0.39 is 23.5 Å². The number of ether oxygens (including phenoxy) is 1. The molecule has 1 N–H and O–H groups in total. The third-order valence-corrected chi connectivity index (χ3v) is 2.62. The first kappa shape index (κ1) is 12.9. The molecule has 0 aliphatic heterocycles. The molecule has 2 unspecified atom stereocenters.